The Morgan fingerprint density at radius 2 is 1.85 bits per heavy atom. The van der Waals surface area contributed by atoms with Crippen LogP contribution in [0.3, 0.4) is 0 Å². The van der Waals surface area contributed by atoms with E-state index in [-0.39, 0.29) is 17.8 Å². The van der Waals surface area contributed by atoms with Crippen molar-refractivity contribution in [1.29, 1.82) is 0 Å². The number of aromatic nitrogens is 1. The summed E-state index contributed by atoms with van der Waals surface area (Å²) in [6.45, 7) is 3.70. The number of benzene rings is 1. The van der Waals surface area contributed by atoms with E-state index in [2.05, 4.69) is 20.5 Å². The summed E-state index contributed by atoms with van der Waals surface area (Å²) in [5, 5.41) is 17.3. The van der Waals surface area contributed by atoms with Crippen LogP contribution in [0.15, 0.2) is 36.7 Å². The van der Waals surface area contributed by atoms with Gasteiger partial charge in [0.1, 0.15) is 11.3 Å². The Bertz CT molecular complexity index is 974. The molecule has 8 nitrogen and oxygen atoms in total. The Kier molecular flexibility index (Phi) is 6.87. The molecule has 0 atom stereocenters. The van der Waals surface area contributed by atoms with E-state index >= 15 is 0 Å². The second-order valence-electron chi connectivity index (χ2n) is 8.34. The highest BCUT2D eigenvalue weighted by molar-refractivity contribution is 5.55. The van der Waals surface area contributed by atoms with Crippen LogP contribution < -0.4 is 20.3 Å². The third-order valence-corrected chi connectivity index (χ3v) is 6.03. The first-order valence-electron chi connectivity index (χ1n) is 11.0. The fourth-order valence-corrected chi connectivity index (χ4v) is 4.33. The topological polar surface area (TPSA) is 92.6 Å². The zero-order chi connectivity index (χ0) is 23.4. The van der Waals surface area contributed by atoms with Crippen LogP contribution in [-0.2, 0) is 6.18 Å². The molecule has 2 aromatic rings. The smallest absolute Gasteiger partial charge is 0.423 e. The summed E-state index contributed by atoms with van der Waals surface area (Å²) in [5.41, 5.74) is -0.929. The van der Waals surface area contributed by atoms with Crippen molar-refractivity contribution in [1.82, 2.24) is 10.3 Å². The van der Waals surface area contributed by atoms with Crippen LogP contribution in [0, 0.1) is 10.1 Å². The summed E-state index contributed by atoms with van der Waals surface area (Å²) in [6, 6.07) is 5.01. The van der Waals surface area contributed by atoms with Gasteiger partial charge >= 0.3 is 6.18 Å². The minimum atomic E-state index is -4.79. The van der Waals surface area contributed by atoms with Gasteiger partial charge < -0.3 is 20.3 Å². The summed E-state index contributed by atoms with van der Waals surface area (Å²) in [6.07, 6.45) is 1.67. The van der Waals surface area contributed by atoms with Gasteiger partial charge in [-0.3, -0.25) is 15.1 Å². The molecule has 0 unspecified atom stereocenters. The van der Waals surface area contributed by atoms with Crippen molar-refractivity contribution in [2.24, 2.45) is 0 Å². The predicted octanol–water partition coefficient (Wildman–Crippen LogP) is 4.22. The maximum Gasteiger partial charge on any atom is 0.423 e. The number of hydrogen-bond donors (Lipinski definition) is 2. The zero-order valence-electron chi connectivity index (χ0n) is 18.0. The molecule has 1 saturated heterocycles. The molecule has 1 saturated carbocycles. The summed E-state index contributed by atoms with van der Waals surface area (Å²) in [4.78, 5) is 16.5. The van der Waals surface area contributed by atoms with E-state index in [0.29, 0.717) is 18.6 Å². The minimum Gasteiger partial charge on any atom is -0.489 e. The number of nitrogens with one attached hydrogen (secondary N) is 2. The van der Waals surface area contributed by atoms with Gasteiger partial charge in [0.05, 0.1) is 29.1 Å². The molecule has 0 amide bonds. The maximum atomic E-state index is 13.2. The van der Waals surface area contributed by atoms with Gasteiger partial charge in [0.2, 0.25) is 0 Å². The standard InChI is InChI=1S/C22H26F3N5O3/c23-22(24,25)20-11-16(3-6-21(20)30(31)32)28-15-1-4-18(5-2-15)33-19-12-17(13-27-14-19)29-9-7-26-8-10-29/h3,6,11-15,18,26,28H,1-2,4-5,7-10H2/t15-,18-. The number of pyridine rings is 1. The molecule has 0 radical (unpaired) electrons. The maximum absolute atomic E-state index is 13.2. The molecule has 1 aromatic carbocycles. The largest absolute Gasteiger partial charge is 0.489 e. The van der Waals surface area contributed by atoms with Gasteiger partial charge in [-0.2, -0.15) is 13.2 Å². The highest BCUT2D eigenvalue weighted by atomic mass is 19.4. The molecule has 2 heterocycles. The van der Waals surface area contributed by atoms with Crippen LogP contribution >= 0.6 is 0 Å². The molecule has 178 valence electrons. The van der Waals surface area contributed by atoms with E-state index in [0.717, 1.165) is 56.8 Å². The van der Waals surface area contributed by atoms with E-state index in [9.17, 15) is 23.3 Å². The lowest BCUT2D eigenvalue weighted by molar-refractivity contribution is -0.388. The molecule has 11 heteroatoms. The molecular formula is C22H26F3N5O3. The highest BCUT2D eigenvalue weighted by Gasteiger charge is 2.38. The number of ether oxygens (including phenoxy) is 1. The second-order valence-corrected chi connectivity index (χ2v) is 8.34. The predicted molar refractivity (Wildman–Crippen MR) is 118 cm³/mol. The number of piperazine rings is 1. The average Bonchev–Trinajstić information content (AvgIpc) is 2.80. The Labute approximate surface area is 189 Å². The van der Waals surface area contributed by atoms with E-state index in [1.807, 2.05) is 12.3 Å². The number of halogens is 3. The van der Waals surface area contributed by atoms with Gasteiger partial charge in [-0.05, 0) is 37.8 Å². The SMILES string of the molecule is O=[N+]([O-])c1ccc(N[C@H]2CC[C@H](Oc3cncc(N4CCNCC4)c3)CC2)cc1C(F)(F)F. The van der Waals surface area contributed by atoms with Crippen LogP contribution in [0.2, 0.25) is 0 Å². The summed E-state index contributed by atoms with van der Waals surface area (Å²) >= 11 is 0. The highest BCUT2D eigenvalue weighted by Crippen LogP contribution is 2.38. The number of nitro groups is 1. The number of nitrogens with zero attached hydrogens (tertiary/aromatic N) is 3. The van der Waals surface area contributed by atoms with E-state index < -0.39 is 22.4 Å². The van der Waals surface area contributed by atoms with Crippen LogP contribution in [0.25, 0.3) is 0 Å². The lowest BCUT2D eigenvalue weighted by Gasteiger charge is -2.31. The van der Waals surface area contributed by atoms with Crippen molar-refractivity contribution in [3.63, 3.8) is 0 Å². The third kappa shape index (κ3) is 5.84. The van der Waals surface area contributed by atoms with Gasteiger partial charge in [-0.25, -0.2) is 0 Å². The van der Waals surface area contributed by atoms with E-state index in [1.54, 1.807) is 6.20 Å². The molecule has 2 N–H and O–H groups in total. The molecule has 0 spiro atoms. The second kappa shape index (κ2) is 9.82. The minimum absolute atomic E-state index is 0.00530. The van der Waals surface area contributed by atoms with Crippen LogP contribution in [0.1, 0.15) is 31.2 Å². The molecule has 4 rings (SSSR count). The van der Waals surface area contributed by atoms with Gasteiger partial charge in [0, 0.05) is 50.0 Å². The molecule has 33 heavy (non-hydrogen) atoms. The molecule has 1 aliphatic carbocycles. The lowest BCUT2D eigenvalue weighted by atomic mass is 9.92. The van der Waals surface area contributed by atoms with Gasteiger partial charge in [0.15, 0.2) is 0 Å². The first-order valence-corrected chi connectivity index (χ1v) is 11.0. The van der Waals surface area contributed by atoms with Crippen molar-refractivity contribution in [3.05, 3.63) is 52.3 Å². The first kappa shape index (κ1) is 23.1. The van der Waals surface area contributed by atoms with Crippen molar-refractivity contribution < 1.29 is 22.8 Å². The van der Waals surface area contributed by atoms with Crippen LogP contribution in [-0.4, -0.2) is 48.2 Å². The monoisotopic (exact) mass is 465 g/mol. The van der Waals surface area contributed by atoms with Gasteiger partial charge in [-0.15, -0.1) is 0 Å². The average molecular weight is 465 g/mol. The molecule has 2 aliphatic rings. The van der Waals surface area contributed by atoms with E-state index in [4.69, 9.17) is 4.74 Å². The zero-order valence-corrected chi connectivity index (χ0v) is 18.0. The molecule has 1 aliphatic heterocycles. The third-order valence-electron chi connectivity index (χ3n) is 6.03. The Morgan fingerprint density at radius 1 is 1.12 bits per heavy atom. The van der Waals surface area contributed by atoms with Crippen molar-refractivity contribution in [3.8, 4) is 5.75 Å². The van der Waals surface area contributed by atoms with Crippen molar-refractivity contribution >= 4 is 17.1 Å². The number of rotatable bonds is 6. The van der Waals surface area contributed by atoms with Crippen LogP contribution in [0.5, 0.6) is 5.75 Å². The first-order chi connectivity index (χ1) is 15.8. The van der Waals surface area contributed by atoms with Crippen LogP contribution in [0.4, 0.5) is 30.2 Å². The molecule has 2 fully saturated rings. The normalized spacial score (nSPS) is 21.5. The van der Waals surface area contributed by atoms with Crippen molar-refractivity contribution in [2.75, 3.05) is 36.4 Å². The summed E-state index contributed by atoms with van der Waals surface area (Å²) in [5.74, 6) is 0.715. The molecule has 1 aromatic heterocycles. The Balaban J connectivity index is 1.33. The number of nitro benzene ring substituents is 1. The fraction of sp³-hybridized carbons (Fsp3) is 0.500. The Hall–Kier alpha value is -3.08. The fourth-order valence-electron chi connectivity index (χ4n) is 4.33. The number of anilines is 2. The van der Waals surface area contributed by atoms with Crippen molar-refractivity contribution in [2.45, 2.75) is 44.0 Å². The number of alkyl halides is 3. The summed E-state index contributed by atoms with van der Waals surface area (Å²) < 4.78 is 45.8. The van der Waals surface area contributed by atoms with E-state index in [1.165, 1.54) is 6.07 Å². The van der Waals surface area contributed by atoms with Gasteiger partial charge in [-0.1, -0.05) is 0 Å². The quantitative estimate of drug-likeness (QED) is 0.487. The molecule has 0 bridgehead atoms. The molecular weight excluding hydrogens is 439 g/mol. The summed E-state index contributed by atoms with van der Waals surface area (Å²) in [7, 11) is 0. The van der Waals surface area contributed by atoms with Gasteiger partial charge in [0.25, 0.3) is 5.69 Å². The lowest BCUT2D eigenvalue weighted by Crippen LogP contribution is -2.43. The Morgan fingerprint density at radius 3 is 2.52 bits per heavy atom. The number of hydrogen-bond acceptors (Lipinski definition) is 7.